The Morgan fingerprint density at radius 2 is 2.27 bits per heavy atom. The molecule has 11 heavy (non-hydrogen) atoms. The fraction of sp³-hybridized carbons (Fsp3) is 0.333. The average molecular weight is 213 g/mol. The number of nitrogens with one attached hydrogen (secondary N) is 1. The van der Waals surface area contributed by atoms with Gasteiger partial charge in [0.05, 0.1) is 0 Å². The van der Waals surface area contributed by atoms with Crippen LogP contribution in [0.5, 0.6) is 0 Å². The Hall–Kier alpha value is -0.310. The molecular formula is C3H5N2O3S3+. The molecule has 0 aromatic carbocycles. The van der Waals surface area contributed by atoms with Crippen molar-refractivity contribution in [3.05, 3.63) is 9.78 Å². The summed E-state index contributed by atoms with van der Waals surface area (Å²) in [5.74, 6) is 0.413. The fourth-order valence-electron chi connectivity index (χ4n) is 0.523. The van der Waals surface area contributed by atoms with Gasteiger partial charge < -0.3 is 0 Å². The first-order valence-corrected chi connectivity index (χ1v) is 6.04. The maximum absolute atomic E-state index is 10.5. The number of hydrogen-bond acceptors (Lipinski definition) is 4. The van der Waals surface area contributed by atoms with Gasteiger partial charge in [0, 0.05) is 0 Å². The van der Waals surface area contributed by atoms with E-state index in [1.807, 2.05) is 0 Å². The van der Waals surface area contributed by atoms with Crippen LogP contribution in [0.25, 0.3) is 0 Å². The molecule has 1 rings (SSSR count). The summed E-state index contributed by atoms with van der Waals surface area (Å²) in [5, 5.41) is 0. The molecule has 0 amide bonds. The van der Waals surface area contributed by atoms with Gasteiger partial charge in [-0.3, -0.25) is 9.54 Å². The molecule has 1 aromatic rings. The number of aromatic amines is 1. The van der Waals surface area contributed by atoms with Gasteiger partial charge in [0.15, 0.2) is 9.70 Å². The van der Waals surface area contributed by atoms with E-state index in [1.165, 1.54) is 0 Å². The van der Waals surface area contributed by atoms with Crippen molar-refractivity contribution in [2.45, 2.75) is 6.92 Å². The molecule has 0 bridgehead atoms. The van der Waals surface area contributed by atoms with Gasteiger partial charge in [-0.25, -0.2) is 0 Å². The van der Waals surface area contributed by atoms with Crippen molar-refractivity contribution >= 4 is 31.1 Å². The normalized spacial score (nSPS) is 13.5. The van der Waals surface area contributed by atoms with E-state index in [1.54, 1.807) is 6.92 Å². The van der Waals surface area contributed by atoms with Crippen LogP contribution in [0.1, 0.15) is 5.82 Å². The first-order chi connectivity index (χ1) is 4.91. The minimum absolute atomic E-state index is 0.0463. The second-order valence-electron chi connectivity index (χ2n) is 1.77. The molecule has 0 aliphatic rings. The maximum Gasteiger partial charge on any atom is 0.423 e. The Morgan fingerprint density at radius 3 is 2.45 bits per heavy atom. The van der Waals surface area contributed by atoms with Crippen LogP contribution in [0.2, 0.25) is 0 Å². The Kier molecular flexibility index (Phi) is 2.10. The standard InChI is InChI=1S/C3H4N2O3S3/c1-2-4-3(9)10(5-2)11(6,7)8/h1H3,(H-,4,5,6,7,8,9)/p+1. The molecule has 0 spiro atoms. The van der Waals surface area contributed by atoms with Crippen molar-refractivity contribution in [2.24, 2.45) is 0 Å². The molecule has 2 N–H and O–H groups in total. The average Bonchev–Trinajstić information content (AvgIpc) is 2.08. The minimum Gasteiger partial charge on any atom is -0.284 e. The highest BCUT2D eigenvalue weighted by Gasteiger charge is 2.23. The highest BCUT2D eigenvalue weighted by atomic mass is 33.2. The third-order valence-electron chi connectivity index (χ3n) is 0.861. The van der Waals surface area contributed by atoms with E-state index < -0.39 is 18.8 Å². The fourth-order valence-corrected chi connectivity index (χ4v) is 3.77. The second kappa shape index (κ2) is 2.63. The smallest absolute Gasteiger partial charge is 0.284 e. The Labute approximate surface area is 70.4 Å². The SMILES string of the molecule is Cc1n[s+](S(=O)(=O)O)c(=S)[nH]1. The van der Waals surface area contributed by atoms with E-state index in [4.69, 9.17) is 4.55 Å². The van der Waals surface area contributed by atoms with Crippen LogP contribution in [0, 0.1) is 10.9 Å². The van der Waals surface area contributed by atoms with E-state index in [-0.39, 0.29) is 3.95 Å². The van der Waals surface area contributed by atoms with Crippen molar-refractivity contribution in [3.63, 3.8) is 0 Å². The maximum atomic E-state index is 10.5. The minimum atomic E-state index is -4.15. The van der Waals surface area contributed by atoms with Crippen LogP contribution in [0.15, 0.2) is 0 Å². The lowest BCUT2D eigenvalue weighted by Crippen LogP contribution is -1.90. The molecule has 1 heterocycles. The largest absolute Gasteiger partial charge is 0.423 e. The summed E-state index contributed by atoms with van der Waals surface area (Å²) < 4.78 is 33.2. The van der Waals surface area contributed by atoms with Gasteiger partial charge in [0.25, 0.3) is 12.2 Å². The number of hydrogen-bond donors (Lipinski definition) is 2. The van der Waals surface area contributed by atoms with Crippen LogP contribution >= 0.6 is 21.9 Å². The van der Waals surface area contributed by atoms with Gasteiger partial charge in [-0.1, -0.05) is 4.37 Å². The number of rotatable bonds is 1. The van der Waals surface area contributed by atoms with Crippen LogP contribution in [-0.2, 0) is 9.15 Å². The lowest BCUT2D eigenvalue weighted by Gasteiger charge is -1.78. The van der Waals surface area contributed by atoms with E-state index in [0.29, 0.717) is 5.82 Å². The van der Waals surface area contributed by atoms with Crippen molar-refractivity contribution in [2.75, 3.05) is 0 Å². The van der Waals surface area contributed by atoms with Crippen molar-refractivity contribution in [1.82, 2.24) is 9.36 Å². The predicted octanol–water partition coefficient (Wildman–Crippen LogP) is 0.848. The number of aromatic nitrogens is 2. The molecule has 0 aliphatic heterocycles. The Balaban J connectivity index is 3.49. The van der Waals surface area contributed by atoms with Gasteiger partial charge >= 0.3 is 13.1 Å². The van der Waals surface area contributed by atoms with Crippen molar-refractivity contribution in [1.29, 1.82) is 0 Å². The zero-order valence-corrected chi connectivity index (χ0v) is 7.89. The van der Waals surface area contributed by atoms with Crippen molar-refractivity contribution < 1.29 is 13.0 Å². The molecule has 1 atom stereocenters. The Morgan fingerprint density at radius 1 is 1.73 bits per heavy atom. The highest BCUT2D eigenvalue weighted by Crippen LogP contribution is 2.20. The number of nitrogens with zero attached hydrogens (tertiary/aromatic N) is 1. The van der Waals surface area contributed by atoms with Gasteiger partial charge in [-0.15, -0.1) is 0 Å². The lowest BCUT2D eigenvalue weighted by molar-refractivity contribution is 0.501. The second-order valence-corrected chi connectivity index (χ2v) is 6.59. The molecule has 0 aliphatic carbocycles. The zero-order chi connectivity index (χ0) is 8.65. The molecular weight excluding hydrogens is 208 g/mol. The number of aryl methyl sites for hydroxylation is 1. The molecule has 8 heteroatoms. The van der Waals surface area contributed by atoms with E-state index in [2.05, 4.69) is 21.6 Å². The summed E-state index contributed by atoms with van der Waals surface area (Å²) in [4.78, 5) is 2.53. The predicted molar refractivity (Wildman–Crippen MR) is 43.6 cm³/mol. The molecule has 62 valence electrons. The van der Waals surface area contributed by atoms with E-state index in [0.717, 1.165) is 0 Å². The van der Waals surface area contributed by atoms with Crippen LogP contribution in [-0.4, -0.2) is 22.3 Å². The zero-order valence-electron chi connectivity index (χ0n) is 5.44. The third-order valence-corrected chi connectivity index (χ3v) is 4.93. The summed E-state index contributed by atoms with van der Waals surface area (Å²) >= 11 is 4.61. The first-order valence-electron chi connectivity index (χ1n) is 2.50. The molecule has 0 radical (unpaired) electrons. The molecule has 0 saturated heterocycles. The van der Waals surface area contributed by atoms with Gasteiger partial charge in [-0.2, -0.15) is 8.42 Å². The lowest BCUT2D eigenvalue weighted by atomic mass is 10.8. The monoisotopic (exact) mass is 213 g/mol. The topological polar surface area (TPSA) is 83.1 Å². The molecule has 5 nitrogen and oxygen atoms in total. The third kappa shape index (κ3) is 1.83. The molecule has 1 unspecified atom stereocenters. The first kappa shape index (κ1) is 8.78. The highest BCUT2D eigenvalue weighted by molar-refractivity contribution is 8.35. The van der Waals surface area contributed by atoms with Crippen LogP contribution < -0.4 is 0 Å². The van der Waals surface area contributed by atoms with Crippen LogP contribution in [0.4, 0.5) is 0 Å². The molecule has 0 fully saturated rings. The van der Waals surface area contributed by atoms with Crippen molar-refractivity contribution in [3.8, 4) is 0 Å². The molecule has 0 saturated carbocycles. The molecule has 1 aromatic heterocycles. The van der Waals surface area contributed by atoms with E-state index >= 15 is 0 Å². The summed E-state index contributed by atoms with van der Waals surface area (Å²) in [5.41, 5.74) is 0. The van der Waals surface area contributed by atoms with Gasteiger partial charge in [-0.05, 0) is 6.92 Å². The van der Waals surface area contributed by atoms with E-state index in [9.17, 15) is 8.42 Å². The van der Waals surface area contributed by atoms with Gasteiger partial charge in [0.2, 0.25) is 0 Å². The van der Waals surface area contributed by atoms with Gasteiger partial charge in [0.1, 0.15) is 5.82 Å². The summed E-state index contributed by atoms with van der Waals surface area (Å²) in [6, 6.07) is 0. The van der Waals surface area contributed by atoms with Crippen LogP contribution in [0.3, 0.4) is 0 Å². The summed E-state index contributed by atoms with van der Waals surface area (Å²) in [6.07, 6.45) is 0. The Bertz CT molecular complexity index is 413. The quantitative estimate of drug-likeness (QED) is 0.313. The number of H-pyrrole nitrogens is 1. The summed E-state index contributed by atoms with van der Waals surface area (Å²) in [7, 11) is -5.73. The summed E-state index contributed by atoms with van der Waals surface area (Å²) in [6.45, 7) is 1.57.